The van der Waals surface area contributed by atoms with Gasteiger partial charge >= 0.3 is 6.03 Å². The van der Waals surface area contributed by atoms with Crippen LogP contribution in [0.3, 0.4) is 0 Å². The minimum absolute atomic E-state index is 0.0854. The summed E-state index contributed by atoms with van der Waals surface area (Å²) >= 11 is -2.19. The Morgan fingerprint density at radius 3 is 2.42 bits per heavy atom. The predicted molar refractivity (Wildman–Crippen MR) is 138 cm³/mol. The van der Waals surface area contributed by atoms with E-state index >= 15 is 0 Å². The Morgan fingerprint density at radius 2 is 1.79 bits per heavy atom. The van der Waals surface area contributed by atoms with Crippen molar-refractivity contribution in [3.63, 3.8) is 0 Å². The van der Waals surface area contributed by atoms with Gasteiger partial charge in [-0.05, 0) is 69.3 Å². The van der Waals surface area contributed by atoms with E-state index in [1.165, 1.54) is 10.5 Å². The molecule has 2 aromatic carbocycles. The number of urea groups is 1. The van der Waals surface area contributed by atoms with Crippen molar-refractivity contribution in [2.24, 2.45) is 5.92 Å². The maximum absolute atomic E-state index is 14.3. The van der Waals surface area contributed by atoms with Crippen LogP contribution in [0, 0.1) is 17.6 Å². The lowest BCUT2D eigenvalue weighted by molar-refractivity contribution is 0.247. The fourth-order valence-electron chi connectivity index (χ4n) is 4.67. The van der Waals surface area contributed by atoms with Crippen LogP contribution in [0.5, 0.6) is 17.2 Å². The Labute approximate surface area is 220 Å². The number of nitrogens with one attached hydrogen (secondary N) is 2. The molecular weight excluding hydrogens is 518 g/mol. The van der Waals surface area contributed by atoms with Crippen LogP contribution in [0.1, 0.15) is 32.3 Å². The number of hydrogen-bond donors (Lipinski definition) is 3. The normalized spacial score (nSPS) is 20.3. The van der Waals surface area contributed by atoms with Crippen molar-refractivity contribution in [2.75, 3.05) is 16.2 Å². The molecule has 1 aromatic heterocycles. The lowest BCUT2D eigenvalue weighted by atomic mass is 10.0. The number of anilines is 2. The molecule has 1 aliphatic heterocycles. The van der Waals surface area contributed by atoms with E-state index in [1.807, 2.05) is 20.8 Å². The molecule has 0 spiro atoms. The van der Waals surface area contributed by atoms with Crippen molar-refractivity contribution in [3.05, 3.63) is 71.9 Å². The fraction of sp³-hybridized carbons (Fsp3) is 0.308. The molecule has 4 atom stereocenters. The largest absolute Gasteiger partial charge is 0.490 e. The van der Waals surface area contributed by atoms with E-state index in [9.17, 15) is 22.3 Å². The first-order valence-corrected chi connectivity index (χ1v) is 12.9. The number of amides is 2. The summed E-state index contributed by atoms with van der Waals surface area (Å²) in [5.41, 5.74) is 0.160. The molecule has 2 amide bonds. The third kappa shape index (κ3) is 5.14. The van der Waals surface area contributed by atoms with Crippen LogP contribution >= 0.6 is 0 Å². The van der Waals surface area contributed by atoms with Gasteiger partial charge in [-0.2, -0.15) is 0 Å². The molecule has 2 heterocycles. The van der Waals surface area contributed by atoms with Crippen LogP contribution in [0.2, 0.25) is 0 Å². The number of carbonyl (C=O) groups excluding carboxylic acids is 1. The van der Waals surface area contributed by atoms with Gasteiger partial charge in [0, 0.05) is 29.0 Å². The third-order valence-corrected chi connectivity index (χ3v) is 7.44. The molecule has 1 unspecified atom stereocenters. The van der Waals surface area contributed by atoms with Gasteiger partial charge in [-0.25, -0.2) is 22.8 Å². The van der Waals surface area contributed by atoms with E-state index in [4.69, 9.17) is 9.47 Å². The zero-order valence-electron chi connectivity index (χ0n) is 20.8. The van der Waals surface area contributed by atoms with Crippen molar-refractivity contribution >= 4 is 28.8 Å². The van der Waals surface area contributed by atoms with Gasteiger partial charge in [-0.15, -0.1) is 0 Å². The Morgan fingerprint density at radius 1 is 1.11 bits per heavy atom. The topological polar surface area (TPSA) is 113 Å². The molecule has 200 valence electrons. The first-order valence-electron chi connectivity index (χ1n) is 11.9. The highest BCUT2D eigenvalue weighted by molar-refractivity contribution is 7.80. The zero-order valence-corrected chi connectivity index (χ0v) is 21.6. The van der Waals surface area contributed by atoms with E-state index in [-0.39, 0.29) is 41.6 Å². The van der Waals surface area contributed by atoms with E-state index in [0.29, 0.717) is 17.2 Å². The smallest absolute Gasteiger partial charge is 0.320 e. The van der Waals surface area contributed by atoms with Crippen molar-refractivity contribution in [3.8, 4) is 17.2 Å². The minimum atomic E-state index is -2.19. The van der Waals surface area contributed by atoms with Crippen molar-refractivity contribution in [1.29, 1.82) is 0 Å². The summed E-state index contributed by atoms with van der Waals surface area (Å²) < 4.78 is 62.2. The van der Waals surface area contributed by atoms with E-state index in [0.717, 1.165) is 12.1 Å². The first kappa shape index (κ1) is 25.9. The summed E-state index contributed by atoms with van der Waals surface area (Å²) in [6.45, 7) is 5.69. The molecule has 3 aromatic rings. The molecule has 0 radical (unpaired) electrons. The van der Waals surface area contributed by atoms with Gasteiger partial charge in [-0.1, -0.05) is 0 Å². The van der Waals surface area contributed by atoms with Crippen molar-refractivity contribution in [2.45, 2.75) is 38.3 Å². The Balaban J connectivity index is 1.17. The summed E-state index contributed by atoms with van der Waals surface area (Å²) in [5.74, 6) is -0.549. The molecule has 3 N–H and O–H groups in total. The second-order valence-corrected chi connectivity index (χ2v) is 10.9. The molecule has 12 heteroatoms. The highest BCUT2D eigenvalue weighted by atomic mass is 32.2. The zero-order chi connectivity index (χ0) is 27.2. The number of pyridine rings is 1. The quantitative estimate of drug-likeness (QED) is 0.368. The van der Waals surface area contributed by atoms with Crippen LogP contribution in [-0.2, 0) is 11.3 Å². The third-order valence-electron chi connectivity index (χ3n) is 6.36. The molecular formula is C26H26F2N4O5S. The molecule has 0 saturated heterocycles. The Kier molecular flexibility index (Phi) is 6.70. The highest BCUT2D eigenvalue weighted by Crippen LogP contribution is 2.55. The summed E-state index contributed by atoms with van der Waals surface area (Å²) in [6.07, 6.45) is 1.44. The highest BCUT2D eigenvalue weighted by Gasteiger charge is 2.57. The van der Waals surface area contributed by atoms with Crippen LogP contribution in [0.4, 0.5) is 25.1 Å². The number of rotatable bonds is 6. The van der Waals surface area contributed by atoms with Crippen LogP contribution < -0.4 is 24.4 Å². The maximum Gasteiger partial charge on any atom is 0.320 e. The van der Waals surface area contributed by atoms with E-state index in [2.05, 4.69) is 15.6 Å². The average molecular weight is 545 g/mol. The molecule has 5 rings (SSSR count). The standard InChI is InChI=1S/C26H26F2N4O5S/c1-26(2,3)32(38(34)35)14-4-6-15(7-5-14)37-16-8-11-20(29-12-16)30-25(33)31-23-17-13-36-24-19(28)10-9-18(27)22(24)21(17)23/h4-12,17,21,23H,13H2,1-3H3,(H,34,35)(H2,29,30,31,33)/t17-,21-,23-/m1/s1. The van der Waals surface area contributed by atoms with E-state index < -0.39 is 34.5 Å². The van der Waals surface area contributed by atoms with Gasteiger partial charge in [-0.3, -0.25) is 14.2 Å². The van der Waals surface area contributed by atoms with Crippen molar-refractivity contribution < 1.29 is 31.8 Å². The molecule has 0 bridgehead atoms. The Bertz CT molecular complexity index is 1380. The second-order valence-electron chi connectivity index (χ2n) is 10.1. The van der Waals surface area contributed by atoms with Gasteiger partial charge in [0.25, 0.3) is 11.3 Å². The van der Waals surface area contributed by atoms with Gasteiger partial charge in [0.2, 0.25) is 0 Å². The summed E-state index contributed by atoms with van der Waals surface area (Å²) in [4.78, 5) is 16.7. The van der Waals surface area contributed by atoms with Crippen LogP contribution in [-0.4, -0.2) is 38.0 Å². The molecule has 1 aliphatic carbocycles. The lowest BCUT2D eigenvalue weighted by Gasteiger charge is -2.33. The van der Waals surface area contributed by atoms with Gasteiger partial charge < -0.3 is 14.8 Å². The van der Waals surface area contributed by atoms with E-state index in [1.54, 1.807) is 36.4 Å². The number of carbonyl (C=O) groups is 1. The predicted octanol–water partition coefficient (Wildman–Crippen LogP) is 5.19. The average Bonchev–Trinajstić information content (AvgIpc) is 3.55. The molecule has 1 fully saturated rings. The first-order chi connectivity index (χ1) is 18.0. The maximum atomic E-state index is 14.3. The van der Waals surface area contributed by atoms with Gasteiger partial charge in [0.1, 0.15) is 23.1 Å². The fourth-order valence-corrected chi connectivity index (χ4v) is 5.44. The molecule has 38 heavy (non-hydrogen) atoms. The van der Waals surface area contributed by atoms with Crippen LogP contribution in [0.15, 0.2) is 54.7 Å². The van der Waals surface area contributed by atoms with Crippen molar-refractivity contribution in [1.82, 2.24) is 10.3 Å². The Hall–Kier alpha value is -3.77. The number of fused-ring (bicyclic) bond motifs is 3. The number of ether oxygens (including phenoxy) is 2. The molecule has 2 aliphatic rings. The number of halogens is 2. The number of nitrogens with zero attached hydrogens (tertiary/aromatic N) is 2. The van der Waals surface area contributed by atoms with Crippen LogP contribution in [0.25, 0.3) is 0 Å². The molecule has 9 nitrogen and oxygen atoms in total. The number of aromatic nitrogens is 1. The second kappa shape index (κ2) is 9.84. The monoisotopic (exact) mass is 544 g/mol. The summed E-state index contributed by atoms with van der Waals surface area (Å²) in [5, 5.41) is 5.41. The summed E-state index contributed by atoms with van der Waals surface area (Å²) in [6, 6.07) is 11.1. The number of hydrogen-bond acceptors (Lipinski definition) is 5. The number of benzene rings is 2. The summed E-state index contributed by atoms with van der Waals surface area (Å²) in [7, 11) is 0. The minimum Gasteiger partial charge on any atom is -0.490 e. The van der Waals surface area contributed by atoms with Gasteiger partial charge in [0.15, 0.2) is 11.6 Å². The SMILES string of the molecule is CC(C)(C)N(c1ccc(Oc2ccc(NC(=O)N[C@@H]3[C@@H]4COc5c(F)ccc(F)c5[C@@H]43)nc2)cc1)S(=O)O. The molecule has 1 saturated carbocycles. The van der Waals surface area contributed by atoms with Gasteiger partial charge in [0.05, 0.1) is 18.5 Å². The lowest BCUT2D eigenvalue weighted by Crippen LogP contribution is -2.42.